The molecule has 0 radical (unpaired) electrons. The van der Waals surface area contributed by atoms with Crippen molar-refractivity contribution in [2.24, 2.45) is 4.99 Å². The maximum Gasteiger partial charge on any atom is 0.326 e. The van der Waals surface area contributed by atoms with Crippen LogP contribution in [0.2, 0.25) is 4.34 Å². The number of benzene rings is 1. The minimum absolute atomic E-state index is 0.0414. The first-order valence-corrected chi connectivity index (χ1v) is 16.1. The van der Waals surface area contributed by atoms with Crippen LogP contribution in [-0.2, 0) is 40.7 Å². The van der Waals surface area contributed by atoms with Crippen molar-refractivity contribution in [3.8, 4) is 0 Å². The Morgan fingerprint density at radius 3 is 2.56 bits per heavy atom. The van der Waals surface area contributed by atoms with Gasteiger partial charge in [-0.3, -0.25) is 9.59 Å². The molecule has 0 saturated carbocycles. The Hall–Kier alpha value is -2.10. The van der Waals surface area contributed by atoms with E-state index in [1.807, 2.05) is 0 Å². The molecule has 3 heterocycles. The lowest BCUT2D eigenvalue weighted by Gasteiger charge is -2.20. The Morgan fingerprint density at radius 2 is 1.92 bits per heavy atom. The van der Waals surface area contributed by atoms with Crippen molar-refractivity contribution < 1.29 is 31.2 Å². The molecule has 1 saturated heterocycles. The maximum absolute atomic E-state index is 13.3. The zero-order valence-electron chi connectivity index (χ0n) is 19.2. The third kappa shape index (κ3) is 5.43. The van der Waals surface area contributed by atoms with Crippen molar-refractivity contribution >= 4 is 76.2 Å². The summed E-state index contributed by atoms with van der Waals surface area (Å²) in [6, 6.07) is 6.28. The average Bonchev–Trinajstić information content (AvgIpc) is 3.53. The highest BCUT2D eigenvalue weighted by atomic mass is 35.5. The van der Waals surface area contributed by atoms with E-state index in [1.165, 1.54) is 34.9 Å². The maximum atomic E-state index is 13.3. The minimum atomic E-state index is -3.95. The van der Waals surface area contributed by atoms with Crippen LogP contribution >= 0.6 is 34.3 Å². The first-order chi connectivity index (χ1) is 16.9. The number of sulfone groups is 1. The molecular formula is C21H22ClN3O7S4. The van der Waals surface area contributed by atoms with Crippen LogP contribution < -0.4 is 4.80 Å². The van der Waals surface area contributed by atoms with Crippen LogP contribution in [0.1, 0.15) is 19.8 Å². The van der Waals surface area contributed by atoms with Gasteiger partial charge >= 0.3 is 5.97 Å². The van der Waals surface area contributed by atoms with E-state index in [-0.39, 0.29) is 33.6 Å². The first kappa shape index (κ1) is 26.9. The number of fused-ring (bicyclic) bond motifs is 1. The van der Waals surface area contributed by atoms with Crippen molar-refractivity contribution in [1.82, 2.24) is 8.87 Å². The number of aromatic nitrogens is 1. The fraction of sp³-hybridized carbons (Fsp3) is 0.381. The number of thiazole rings is 1. The minimum Gasteiger partial charge on any atom is -0.465 e. The Kier molecular flexibility index (Phi) is 7.74. The largest absolute Gasteiger partial charge is 0.465 e. The highest BCUT2D eigenvalue weighted by Crippen LogP contribution is 2.32. The Morgan fingerprint density at radius 1 is 1.17 bits per heavy atom. The number of hydrogen-bond donors (Lipinski definition) is 0. The van der Waals surface area contributed by atoms with E-state index >= 15 is 0 Å². The predicted molar refractivity (Wildman–Crippen MR) is 136 cm³/mol. The number of carbonyl (C=O) groups is 2. The molecule has 1 unspecified atom stereocenters. The van der Waals surface area contributed by atoms with Crippen LogP contribution in [0.5, 0.6) is 0 Å². The van der Waals surface area contributed by atoms with E-state index in [1.54, 1.807) is 6.92 Å². The van der Waals surface area contributed by atoms with Crippen molar-refractivity contribution in [3.63, 3.8) is 0 Å². The van der Waals surface area contributed by atoms with Gasteiger partial charge in [0.15, 0.2) is 14.6 Å². The average molecular weight is 592 g/mol. The van der Waals surface area contributed by atoms with Gasteiger partial charge in [0.1, 0.15) is 16.8 Å². The molecular weight excluding hydrogens is 570 g/mol. The number of hydrogen-bond acceptors (Lipinski definition) is 9. The van der Waals surface area contributed by atoms with Crippen LogP contribution in [0.25, 0.3) is 10.2 Å². The molecule has 1 amide bonds. The second-order valence-electron chi connectivity index (χ2n) is 7.96. The molecule has 10 nitrogen and oxygen atoms in total. The predicted octanol–water partition coefficient (Wildman–Crippen LogP) is 2.66. The molecule has 4 rings (SSSR count). The molecule has 1 aliphatic rings. The normalized spacial score (nSPS) is 17.6. The van der Waals surface area contributed by atoms with Crippen LogP contribution in [0.4, 0.5) is 0 Å². The monoisotopic (exact) mass is 591 g/mol. The van der Waals surface area contributed by atoms with Crippen LogP contribution in [0.15, 0.2) is 44.4 Å². The van der Waals surface area contributed by atoms with Crippen molar-refractivity contribution in [3.05, 3.63) is 39.5 Å². The molecule has 1 fully saturated rings. The summed E-state index contributed by atoms with van der Waals surface area (Å²) in [4.78, 5) is 29.9. The Balaban J connectivity index is 1.77. The number of rotatable bonds is 7. The molecule has 0 N–H and O–H groups in total. The van der Waals surface area contributed by atoms with E-state index < -0.39 is 37.8 Å². The van der Waals surface area contributed by atoms with Crippen molar-refractivity contribution in [2.75, 3.05) is 19.4 Å². The van der Waals surface area contributed by atoms with E-state index in [0.29, 0.717) is 27.4 Å². The lowest BCUT2D eigenvalue weighted by Crippen LogP contribution is -2.40. The summed E-state index contributed by atoms with van der Waals surface area (Å²) in [7, 11) is -7.43. The number of nitrogens with zero attached hydrogens (tertiary/aromatic N) is 3. The molecule has 0 bridgehead atoms. The van der Waals surface area contributed by atoms with Gasteiger partial charge in [-0.15, -0.1) is 11.3 Å². The van der Waals surface area contributed by atoms with Crippen molar-refractivity contribution in [2.45, 2.75) is 41.5 Å². The van der Waals surface area contributed by atoms with Gasteiger partial charge in [0, 0.05) is 12.8 Å². The van der Waals surface area contributed by atoms with E-state index in [0.717, 1.165) is 33.2 Å². The van der Waals surface area contributed by atoms with Crippen LogP contribution in [-0.4, -0.2) is 63.0 Å². The van der Waals surface area contributed by atoms with Gasteiger partial charge in [-0.2, -0.15) is 9.30 Å². The summed E-state index contributed by atoms with van der Waals surface area (Å²) < 4.78 is 58.8. The molecule has 194 valence electrons. The third-order valence-corrected chi connectivity index (χ3v) is 11.2. The third-order valence-electron chi connectivity index (χ3n) is 5.48. The number of ether oxygens (including phenoxy) is 1. The molecule has 1 aliphatic heterocycles. The van der Waals surface area contributed by atoms with Gasteiger partial charge in [-0.25, -0.2) is 16.8 Å². The summed E-state index contributed by atoms with van der Waals surface area (Å²) in [5.41, 5.74) is 0.496. The number of sulfonamides is 1. The van der Waals surface area contributed by atoms with Crippen LogP contribution in [0, 0.1) is 0 Å². The van der Waals surface area contributed by atoms with E-state index in [9.17, 15) is 26.4 Å². The Labute approximate surface area is 220 Å². The molecule has 36 heavy (non-hydrogen) atoms. The topological polar surface area (TPSA) is 132 Å². The molecule has 0 aliphatic carbocycles. The SMILES string of the molecule is CCOC(=O)Cn1c(=NC(=O)C2CCCN2S(=O)(=O)c2ccc(Cl)s2)sc2cc(S(C)(=O)=O)ccc21. The highest BCUT2D eigenvalue weighted by molar-refractivity contribution is 7.91. The van der Waals surface area contributed by atoms with Gasteiger partial charge < -0.3 is 9.30 Å². The lowest BCUT2D eigenvalue weighted by molar-refractivity contribution is -0.143. The van der Waals surface area contributed by atoms with Gasteiger partial charge in [-0.05, 0) is 50.1 Å². The second-order valence-corrected chi connectivity index (χ2v) is 14.8. The lowest BCUT2D eigenvalue weighted by atomic mass is 10.2. The van der Waals surface area contributed by atoms with Crippen LogP contribution in [0.3, 0.4) is 0 Å². The molecule has 3 aromatic rings. The molecule has 0 spiro atoms. The highest BCUT2D eigenvalue weighted by Gasteiger charge is 2.40. The van der Waals surface area contributed by atoms with Gasteiger partial charge in [0.25, 0.3) is 15.9 Å². The first-order valence-electron chi connectivity index (χ1n) is 10.8. The number of esters is 1. The summed E-state index contributed by atoms with van der Waals surface area (Å²) in [6.45, 7) is 1.74. The molecule has 1 aromatic carbocycles. The molecule has 1 atom stereocenters. The van der Waals surface area contributed by atoms with Gasteiger partial charge in [-0.1, -0.05) is 22.9 Å². The van der Waals surface area contributed by atoms with Gasteiger partial charge in [0.2, 0.25) is 0 Å². The molecule has 15 heteroatoms. The smallest absolute Gasteiger partial charge is 0.326 e. The van der Waals surface area contributed by atoms with Crippen molar-refractivity contribution in [1.29, 1.82) is 0 Å². The zero-order valence-corrected chi connectivity index (χ0v) is 23.2. The zero-order chi connectivity index (χ0) is 26.3. The van der Waals surface area contributed by atoms with E-state index in [4.69, 9.17) is 16.3 Å². The second kappa shape index (κ2) is 10.3. The summed E-state index contributed by atoms with van der Waals surface area (Å²) >= 11 is 7.85. The summed E-state index contributed by atoms with van der Waals surface area (Å²) in [6.07, 6.45) is 1.86. The number of halogens is 1. The standard InChI is InChI=1S/C21H22ClN3O7S4/c1-3-32-18(26)12-24-14-7-6-13(35(2,28)29)11-16(14)33-21(24)23-20(27)15-5-4-10-25(15)36(30,31)19-9-8-17(22)34-19/h6-9,11,15H,3-5,10,12H2,1-2H3. The van der Waals surface area contributed by atoms with Gasteiger partial charge in [0.05, 0.1) is 26.1 Å². The fourth-order valence-corrected chi connectivity index (χ4v) is 8.91. The molecule has 2 aromatic heterocycles. The van der Waals surface area contributed by atoms with E-state index in [2.05, 4.69) is 4.99 Å². The quantitative estimate of drug-likeness (QED) is 0.386. The number of amides is 1. The summed E-state index contributed by atoms with van der Waals surface area (Å²) in [5.74, 6) is -1.23. The fourth-order valence-electron chi connectivity index (χ4n) is 3.85. The number of carbonyl (C=O) groups excluding carboxylic acids is 2. The summed E-state index contributed by atoms with van der Waals surface area (Å²) in [5, 5.41) is 0. The number of thiophene rings is 1. The Bertz CT molecular complexity index is 1620.